The number of hydrogen-bond acceptors (Lipinski definition) is 5. The summed E-state index contributed by atoms with van der Waals surface area (Å²) in [4.78, 5) is 26.9. The van der Waals surface area contributed by atoms with Gasteiger partial charge in [0.05, 0.1) is 19.8 Å². The average molecular weight is 373 g/mol. The van der Waals surface area contributed by atoms with Gasteiger partial charge in [0.1, 0.15) is 0 Å². The van der Waals surface area contributed by atoms with Gasteiger partial charge in [0.15, 0.2) is 17.6 Å². The maximum Gasteiger partial charge on any atom is 0.303 e. The average Bonchev–Trinajstić information content (AvgIpc) is 2.79. The Hall–Kier alpha value is -2.24. The van der Waals surface area contributed by atoms with E-state index in [0.717, 1.165) is 44.1 Å². The van der Waals surface area contributed by atoms with Gasteiger partial charge in [0, 0.05) is 19.4 Å². The Kier molecular flexibility index (Phi) is 4.52. The summed E-state index contributed by atoms with van der Waals surface area (Å²) >= 11 is 0. The lowest BCUT2D eigenvalue weighted by Crippen LogP contribution is -2.50. The number of benzene rings is 1. The van der Waals surface area contributed by atoms with Crippen LogP contribution in [0.1, 0.15) is 50.2 Å². The first-order valence-corrected chi connectivity index (χ1v) is 9.77. The molecule has 1 aromatic carbocycles. The molecule has 27 heavy (non-hydrogen) atoms. The predicted octanol–water partition coefficient (Wildman–Crippen LogP) is 2.81. The molecule has 146 valence electrons. The lowest BCUT2D eigenvalue weighted by atomic mass is 9.70. The van der Waals surface area contributed by atoms with Gasteiger partial charge in [-0.2, -0.15) is 0 Å². The van der Waals surface area contributed by atoms with Gasteiger partial charge < -0.3 is 19.1 Å². The molecule has 6 nitrogen and oxygen atoms in total. The van der Waals surface area contributed by atoms with Crippen molar-refractivity contribution >= 4 is 11.9 Å². The molecule has 0 bridgehead atoms. The third-order valence-electron chi connectivity index (χ3n) is 6.52. The SMILES string of the molecule is COc1cc2c(cc1OC)[C@@]13CCCCC[C@@H]1[C@@H](OC(C)=O)C(=O)N3CC2. The van der Waals surface area contributed by atoms with E-state index >= 15 is 0 Å². The van der Waals surface area contributed by atoms with Gasteiger partial charge in [-0.3, -0.25) is 9.59 Å². The molecule has 1 saturated carbocycles. The minimum atomic E-state index is -0.681. The Morgan fingerprint density at radius 3 is 2.59 bits per heavy atom. The lowest BCUT2D eigenvalue weighted by Gasteiger charge is -2.46. The molecule has 3 aliphatic rings. The fourth-order valence-corrected chi connectivity index (χ4v) is 5.48. The molecule has 1 saturated heterocycles. The summed E-state index contributed by atoms with van der Waals surface area (Å²) in [5.41, 5.74) is 1.93. The van der Waals surface area contributed by atoms with Crippen molar-refractivity contribution in [2.45, 2.75) is 57.1 Å². The van der Waals surface area contributed by atoms with Gasteiger partial charge in [-0.25, -0.2) is 0 Å². The molecule has 0 radical (unpaired) electrons. The van der Waals surface area contributed by atoms with E-state index in [0.29, 0.717) is 18.0 Å². The molecule has 2 fully saturated rings. The molecule has 2 aliphatic heterocycles. The number of nitrogens with zero attached hydrogens (tertiary/aromatic N) is 1. The number of carbonyl (C=O) groups is 2. The van der Waals surface area contributed by atoms with Crippen molar-refractivity contribution in [1.29, 1.82) is 0 Å². The molecule has 1 aromatic rings. The molecule has 6 heteroatoms. The zero-order chi connectivity index (χ0) is 19.2. The third-order valence-corrected chi connectivity index (χ3v) is 6.52. The maximum atomic E-state index is 13.2. The van der Waals surface area contributed by atoms with Gasteiger partial charge >= 0.3 is 5.97 Å². The molecule has 3 atom stereocenters. The summed E-state index contributed by atoms with van der Waals surface area (Å²) in [6.45, 7) is 2.03. The van der Waals surface area contributed by atoms with Gasteiger partial charge in [-0.1, -0.05) is 19.3 Å². The number of hydrogen-bond donors (Lipinski definition) is 0. The maximum absolute atomic E-state index is 13.2. The summed E-state index contributed by atoms with van der Waals surface area (Å²) in [6, 6.07) is 4.09. The highest BCUT2D eigenvalue weighted by Gasteiger charge is 2.62. The molecular formula is C21H27NO5. The first-order chi connectivity index (χ1) is 13.0. The zero-order valence-corrected chi connectivity index (χ0v) is 16.2. The number of amides is 1. The topological polar surface area (TPSA) is 65.1 Å². The number of esters is 1. The molecule has 4 rings (SSSR count). The second kappa shape index (κ2) is 6.73. The van der Waals surface area contributed by atoms with Crippen molar-refractivity contribution in [3.8, 4) is 11.5 Å². The summed E-state index contributed by atoms with van der Waals surface area (Å²) in [5.74, 6) is 0.942. The minimum absolute atomic E-state index is 0.0199. The summed E-state index contributed by atoms with van der Waals surface area (Å²) in [6.07, 6.45) is 5.10. The first-order valence-electron chi connectivity index (χ1n) is 9.77. The summed E-state index contributed by atoms with van der Waals surface area (Å²) in [5, 5.41) is 0. The highest BCUT2D eigenvalue weighted by molar-refractivity contribution is 5.88. The van der Waals surface area contributed by atoms with Crippen molar-refractivity contribution in [3.63, 3.8) is 0 Å². The van der Waals surface area contributed by atoms with Crippen molar-refractivity contribution < 1.29 is 23.8 Å². The summed E-state index contributed by atoms with van der Waals surface area (Å²) < 4.78 is 16.6. The van der Waals surface area contributed by atoms with Gasteiger partial charge in [0.25, 0.3) is 5.91 Å². The second-order valence-electron chi connectivity index (χ2n) is 7.76. The van der Waals surface area contributed by atoms with Crippen LogP contribution >= 0.6 is 0 Å². The van der Waals surface area contributed by atoms with E-state index in [1.807, 2.05) is 17.0 Å². The van der Waals surface area contributed by atoms with Crippen LogP contribution < -0.4 is 9.47 Å². The molecule has 1 amide bonds. The van der Waals surface area contributed by atoms with Crippen LogP contribution in [0.15, 0.2) is 12.1 Å². The quantitative estimate of drug-likeness (QED) is 0.763. The highest BCUT2D eigenvalue weighted by Crippen LogP contribution is 2.56. The Labute approximate surface area is 159 Å². The second-order valence-corrected chi connectivity index (χ2v) is 7.76. The molecule has 0 unspecified atom stereocenters. The van der Waals surface area contributed by atoms with E-state index < -0.39 is 11.6 Å². The van der Waals surface area contributed by atoms with Crippen LogP contribution in [0.5, 0.6) is 11.5 Å². The van der Waals surface area contributed by atoms with Crippen LogP contribution in [0.2, 0.25) is 0 Å². The molecule has 0 N–H and O–H groups in total. The number of fused-ring (bicyclic) bond motifs is 1. The smallest absolute Gasteiger partial charge is 0.303 e. The zero-order valence-electron chi connectivity index (χ0n) is 16.2. The van der Waals surface area contributed by atoms with Gasteiger partial charge in [-0.05, 0) is 42.5 Å². The van der Waals surface area contributed by atoms with Crippen LogP contribution in [0.25, 0.3) is 0 Å². The number of ether oxygens (including phenoxy) is 3. The van der Waals surface area contributed by atoms with Crippen LogP contribution in [-0.2, 0) is 26.3 Å². The Balaban J connectivity index is 1.90. The predicted molar refractivity (Wildman–Crippen MR) is 98.8 cm³/mol. The normalized spacial score (nSPS) is 29.3. The number of carbonyl (C=O) groups excluding carboxylic acids is 2. The van der Waals surface area contributed by atoms with E-state index in [1.165, 1.54) is 12.5 Å². The Morgan fingerprint density at radius 2 is 1.89 bits per heavy atom. The summed E-state index contributed by atoms with van der Waals surface area (Å²) in [7, 11) is 3.27. The number of methoxy groups -OCH3 is 2. The van der Waals surface area contributed by atoms with Crippen molar-refractivity contribution in [2.75, 3.05) is 20.8 Å². The van der Waals surface area contributed by atoms with Gasteiger partial charge in [0.2, 0.25) is 0 Å². The molecule has 1 spiro atoms. The highest BCUT2D eigenvalue weighted by atomic mass is 16.5. The van der Waals surface area contributed by atoms with E-state index in [9.17, 15) is 9.59 Å². The minimum Gasteiger partial charge on any atom is -0.493 e. The van der Waals surface area contributed by atoms with E-state index in [2.05, 4.69) is 0 Å². The monoisotopic (exact) mass is 373 g/mol. The molecule has 2 heterocycles. The van der Waals surface area contributed by atoms with Crippen molar-refractivity contribution in [2.24, 2.45) is 5.92 Å². The first kappa shape index (κ1) is 18.1. The fourth-order valence-electron chi connectivity index (χ4n) is 5.48. The third kappa shape index (κ3) is 2.60. The molecule has 1 aliphatic carbocycles. The van der Waals surface area contributed by atoms with E-state index in [4.69, 9.17) is 14.2 Å². The van der Waals surface area contributed by atoms with Crippen molar-refractivity contribution in [3.05, 3.63) is 23.3 Å². The van der Waals surface area contributed by atoms with E-state index in [-0.39, 0.29) is 17.8 Å². The van der Waals surface area contributed by atoms with Crippen LogP contribution in [0.4, 0.5) is 0 Å². The van der Waals surface area contributed by atoms with E-state index in [1.54, 1.807) is 14.2 Å². The Morgan fingerprint density at radius 1 is 1.15 bits per heavy atom. The number of rotatable bonds is 3. The standard InChI is InChI=1S/C21H27NO5/c1-13(23)27-19-15-7-5-4-6-9-21(15)16-12-18(26-3)17(25-2)11-14(16)8-10-22(21)20(19)24/h11-12,15,19H,4-10H2,1-3H3/t15-,19-,21-/m1/s1. The largest absolute Gasteiger partial charge is 0.493 e. The lowest BCUT2D eigenvalue weighted by molar-refractivity contribution is -0.156. The molecule has 0 aromatic heterocycles. The fraction of sp³-hybridized carbons (Fsp3) is 0.619. The van der Waals surface area contributed by atoms with Crippen molar-refractivity contribution in [1.82, 2.24) is 4.90 Å². The molecular weight excluding hydrogens is 346 g/mol. The van der Waals surface area contributed by atoms with Crippen LogP contribution in [0.3, 0.4) is 0 Å². The Bertz CT molecular complexity index is 776. The van der Waals surface area contributed by atoms with Gasteiger partial charge in [-0.15, -0.1) is 0 Å². The van der Waals surface area contributed by atoms with Crippen LogP contribution in [-0.4, -0.2) is 43.6 Å². The van der Waals surface area contributed by atoms with Crippen LogP contribution in [0, 0.1) is 5.92 Å².